The Balaban J connectivity index is 2.21. The molecule has 2 rings (SSSR count). The minimum absolute atomic E-state index is 0.0176. The second kappa shape index (κ2) is 6.15. The molecule has 0 aromatic heterocycles. The van der Waals surface area contributed by atoms with E-state index in [1.807, 2.05) is 4.90 Å². The number of nitrogens with zero attached hydrogens (tertiary/aromatic N) is 2. The van der Waals surface area contributed by atoms with E-state index in [-0.39, 0.29) is 16.8 Å². The number of carbonyl (C=O) groups excluding carboxylic acids is 1. The van der Waals surface area contributed by atoms with Crippen molar-refractivity contribution in [3.05, 3.63) is 29.8 Å². The molecule has 0 bridgehead atoms. The zero-order chi connectivity index (χ0) is 15.6. The predicted molar refractivity (Wildman–Crippen MR) is 81.7 cm³/mol. The van der Waals surface area contributed by atoms with Crippen LogP contribution in [0.3, 0.4) is 0 Å². The van der Waals surface area contributed by atoms with Crippen LogP contribution in [0.5, 0.6) is 0 Å². The van der Waals surface area contributed by atoms with E-state index in [0.717, 1.165) is 30.1 Å². The zero-order valence-electron chi connectivity index (χ0n) is 12.7. The summed E-state index contributed by atoms with van der Waals surface area (Å²) in [5.41, 5.74) is 0.543. The Morgan fingerprint density at radius 3 is 2.33 bits per heavy atom. The first kappa shape index (κ1) is 16.0. The van der Waals surface area contributed by atoms with Crippen molar-refractivity contribution in [2.75, 3.05) is 20.6 Å². The SMILES string of the molecule is CC1CCCCN1C(=O)c1ccc(S(=O)(=O)N(C)C)cc1. The number of hydrogen-bond acceptors (Lipinski definition) is 3. The van der Waals surface area contributed by atoms with Gasteiger partial charge in [-0.05, 0) is 50.5 Å². The Hall–Kier alpha value is -1.40. The topological polar surface area (TPSA) is 57.7 Å². The van der Waals surface area contributed by atoms with Gasteiger partial charge in [0.25, 0.3) is 5.91 Å². The lowest BCUT2D eigenvalue weighted by Crippen LogP contribution is -2.42. The summed E-state index contributed by atoms with van der Waals surface area (Å²) >= 11 is 0. The molecule has 116 valence electrons. The molecule has 1 unspecified atom stereocenters. The fourth-order valence-electron chi connectivity index (χ4n) is 2.55. The molecule has 0 radical (unpaired) electrons. The van der Waals surface area contributed by atoms with E-state index < -0.39 is 10.0 Å². The maximum Gasteiger partial charge on any atom is 0.254 e. The third-order valence-electron chi connectivity index (χ3n) is 3.94. The number of carbonyl (C=O) groups is 1. The van der Waals surface area contributed by atoms with Crippen molar-refractivity contribution < 1.29 is 13.2 Å². The number of hydrogen-bond donors (Lipinski definition) is 0. The van der Waals surface area contributed by atoms with Crippen molar-refractivity contribution >= 4 is 15.9 Å². The molecule has 6 heteroatoms. The highest BCUT2D eigenvalue weighted by molar-refractivity contribution is 7.89. The van der Waals surface area contributed by atoms with Crippen molar-refractivity contribution in [3.8, 4) is 0 Å². The number of piperidine rings is 1. The monoisotopic (exact) mass is 310 g/mol. The molecule has 1 atom stereocenters. The fourth-order valence-corrected chi connectivity index (χ4v) is 3.45. The van der Waals surface area contributed by atoms with Gasteiger partial charge in [-0.25, -0.2) is 12.7 Å². The van der Waals surface area contributed by atoms with Gasteiger partial charge in [-0.2, -0.15) is 0 Å². The summed E-state index contributed by atoms with van der Waals surface area (Å²) in [5.74, 6) is -0.0176. The Morgan fingerprint density at radius 1 is 1.19 bits per heavy atom. The molecule has 21 heavy (non-hydrogen) atoms. The largest absolute Gasteiger partial charge is 0.336 e. The first-order chi connectivity index (χ1) is 9.84. The van der Waals surface area contributed by atoms with Gasteiger partial charge in [0, 0.05) is 32.2 Å². The van der Waals surface area contributed by atoms with Gasteiger partial charge in [0.2, 0.25) is 10.0 Å². The number of amides is 1. The minimum Gasteiger partial charge on any atom is -0.336 e. The summed E-state index contributed by atoms with van der Waals surface area (Å²) in [7, 11) is -0.467. The molecule has 1 heterocycles. The van der Waals surface area contributed by atoms with Crippen LogP contribution >= 0.6 is 0 Å². The summed E-state index contributed by atoms with van der Waals surface area (Å²) < 4.78 is 25.2. The maximum absolute atomic E-state index is 12.5. The number of rotatable bonds is 3. The van der Waals surface area contributed by atoms with Crippen LogP contribution in [0.4, 0.5) is 0 Å². The summed E-state index contributed by atoms with van der Waals surface area (Å²) in [6.45, 7) is 2.83. The number of benzene rings is 1. The molecule has 0 N–H and O–H groups in total. The van der Waals surface area contributed by atoms with Crippen molar-refractivity contribution in [1.29, 1.82) is 0 Å². The molecular weight excluding hydrogens is 288 g/mol. The predicted octanol–water partition coefficient (Wildman–Crippen LogP) is 1.95. The van der Waals surface area contributed by atoms with Gasteiger partial charge >= 0.3 is 0 Å². The van der Waals surface area contributed by atoms with Crippen LogP contribution in [0.25, 0.3) is 0 Å². The third kappa shape index (κ3) is 3.27. The first-order valence-electron chi connectivity index (χ1n) is 7.17. The van der Waals surface area contributed by atoms with E-state index in [1.54, 1.807) is 12.1 Å². The van der Waals surface area contributed by atoms with Crippen LogP contribution in [-0.2, 0) is 10.0 Å². The Kier molecular flexibility index (Phi) is 4.68. The Bertz CT molecular complexity index is 608. The highest BCUT2D eigenvalue weighted by Gasteiger charge is 2.24. The summed E-state index contributed by atoms with van der Waals surface area (Å²) in [6.07, 6.45) is 3.22. The van der Waals surface area contributed by atoms with E-state index in [1.165, 1.54) is 26.2 Å². The highest BCUT2D eigenvalue weighted by atomic mass is 32.2. The van der Waals surface area contributed by atoms with E-state index in [9.17, 15) is 13.2 Å². The van der Waals surface area contributed by atoms with Crippen LogP contribution in [-0.4, -0.2) is 50.2 Å². The van der Waals surface area contributed by atoms with Gasteiger partial charge in [0.1, 0.15) is 0 Å². The van der Waals surface area contributed by atoms with Crippen LogP contribution in [0.2, 0.25) is 0 Å². The summed E-state index contributed by atoms with van der Waals surface area (Å²) in [4.78, 5) is 14.5. The second-order valence-electron chi connectivity index (χ2n) is 5.66. The molecule has 0 aliphatic carbocycles. The number of likely N-dealkylation sites (tertiary alicyclic amines) is 1. The van der Waals surface area contributed by atoms with Crippen molar-refractivity contribution in [2.24, 2.45) is 0 Å². The zero-order valence-corrected chi connectivity index (χ0v) is 13.6. The Labute approximate surface area is 126 Å². The van der Waals surface area contributed by atoms with Gasteiger partial charge in [-0.1, -0.05) is 0 Å². The lowest BCUT2D eigenvalue weighted by atomic mass is 10.0. The molecule has 1 fully saturated rings. The third-order valence-corrected chi connectivity index (χ3v) is 5.77. The van der Waals surface area contributed by atoms with Gasteiger partial charge in [-0.3, -0.25) is 4.79 Å². The first-order valence-corrected chi connectivity index (χ1v) is 8.61. The smallest absolute Gasteiger partial charge is 0.254 e. The van der Waals surface area contributed by atoms with Crippen molar-refractivity contribution in [1.82, 2.24) is 9.21 Å². The van der Waals surface area contributed by atoms with Gasteiger partial charge in [-0.15, -0.1) is 0 Å². The lowest BCUT2D eigenvalue weighted by molar-refractivity contribution is 0.0635. The quantitative estimate of drug-likeness (QED) is 0.857. The van der Waals surface area contributed by atoms with Gasteiger partial charge < -0.3 is 4.90 Å². The van der Waals surface area contributed by atoms with Crippen molar-refractivity contribution in [3.63, 3.8) is 0 Å². The van der Waals surface area contributed by atoms with Crippen molar-refractivity contribution in [2.45, 2.75) is 37.1 Å². The molecule has 0 spiro atoms. The molecular formula is C15H22N2O3S. The van der Waals surface area contributed by atoms with Crippen LogP contribution < -0.4 is 0 Å². The van der Waals surface area contributed by atoms with Gasteiger partial charge in [0.15, 0.2) is 0 Å². The maximum atomic E-state index is 12.5. The molecule has 1 aromatic rings. The molecule has 0 saturated carbocycles. The lowest BCUT2D eigenvalue weighted by Gasteiger charge is -2.33. The molecule has 1 saturated heterocycles. The van der Waals surface area contributed by atoms with E-state index >= 15 is 0 Å². The highest BCUT2D eigenvalue weighted by Crippen LogP contribution is 2.20. The van der Waals surface area contributed by atoms with E-state index in [0.29, 0.717) is 5.56 Å². The summed E-state index contributed by atoms with van der Waals surface area (Å²) in [5, 5.41) is 0. The molecule has 1 aliphatic rings. The van der Waals surface area contributed by atoms with E-state index in [2.05, 4.69) is 6.92 Å². The average molecular weight is 310 g/mol. The van der Waals surface area contributed by atoms with Crippen LogP contribution in [0, 0.1) is 0 Å². The van der Waals surface area contributed by atoms with E-state index in [4.69, 9.17) is 0 Å². The molecule has 5 nitrogen and oxygen atoms in total. The fraction of sp³-hybridized carbons (Fsp3) is 0.533. The second-order valence-corrected chi connectivity index (χ2v) is 7.81. The molecule has 1 aromatic carbocycles. The minimum atomic E-state index is -3.45. The average Bonchev–Trinajstić information content (AvgIpc) is 2.47. The number of sulfonamides is 1. The summed E-state index contributed by atoms with van der Waals surface area (Å²) in [6, 6.07) is 6.44. The van der Waals surface area contributed by atoms with Gasteiger partial charge in [0.05, 0.1) is 4.90 Å². The standard InChI is InChI=1S/C15H22N2O3S/c1-12-6-4-5-11-17(12)15(18)13-7-9-14(10-8-13)21(19,20)16(2)3/h7-10,12H,4-6,11H2,1-3H3. The van der Waals surface area contributed by atoms with Crippen LogP contribution in [0.1, 0.15) is 36.5 Å². The normalized spacial score (nSPS) is 19.8. The van der Waals surface area contributed by atoms with Crippen LogP contribution in [0.15, 0.2) is 29.2 Å². The molecule has 1 aliphatic heterocycles. The molecule has 1 amide bonds. The Morgan fingerprint density at radius 2 is 1.81 bits per heavy atom.